The Morgan fingerprint density at radius 3 is 0.741 bits per heavy atom. The van der Waals surface area contributed by atoms with E-state index in [-0.39, 0.29) is 52.0 Å². The van der Waals surface area contributed by atoms with Gasteiger partial charge in [-0.15, -0.1) is 0 Å². The van der Waals surface area contributed by atoms with Crippen LogP contribution in [-0.2, 0) is 21.1 Å². The van der Waals surface area contributed by atoms with Crippen molar-refractivity contribution in [2.45, 2.75) is 212 Å². The molecule has 0 N–H and O–H groups in total. The standard InChI is InChI=1S/C13H12.C10H28O2Si3.C8H10.3C3H8.C2H6.7CH4/c1-3-7-12(8-4-1)11-13-9-5-2-6-10-13;1-9-13(3,4)11-15(7,8)12-14(5,6)10-2;1-2-8-6-4-3-5-7-8;3*1-3-2;1-2;;;;;;;/h1-10H,11H2;9-10H2,1-8H3;3-7H,2H2,1H3;3*3H2,1-2H3;1-2H3;7*1H4. The number of rotatable bonds is 9. The number of hydrogen-bond acceptors (Lipinski definition) is 2. The zero-order valence-electron chi connectivity index (χ0n) is 34.4. The third-order valence-corrected chi connectivity index (χ3v) is 17.9. The van der Waals surface area contributed by atoms with Crippen molar-refractivity contribution in [1.82, 2.24) is 0 Å². The third kappa shape index (κ3) is 57.0. The molecule has 0 aliphatic heterocycles. The molecule has 0 amide bonds. The van der Waals surface area contributed by atoms with Crippen LogP contribution in [-0.4, -0.2) is 25.2 Å². The van der Waals surface area contributed by atoms with Crippen molar-refractivity contribution in [3.8, 4) is 0 Å². The van der Waals surface area contributed by atoms with Crippen LogP contribution in [0.15, 0.2) is 91.0 Å². The summed E-state index contributed by atoms with van der Waals surface area (Å²) in [6, 6.07) is 33.9. The molecule has 0 bridgehead atoms. The summed E-state index contributed by atoms with van der Waals surface area (Å²) in [6.07, 6.45) is 5.92. The van der Waals surface area contributed by atoms with Gasteiger partial charge in [-0.05, 0) is 80.9 Å². The molecule has 0 unspecified atom stereocenters. The fourth-order valence-electron chi connectivity index (χ4n) is 3.64. The minimum absolute atomic E-state index is 0. The molecule has 0 spiro atoms. The number of aryl methyl sites for hydroxylation is 1. The van der Waals surface area contributed by atoms with E-state index in [1.54, 1.807) is 0 Å². The van der Waals surface area contributed by atoms with Gasteiger partial charge in [0, 0.05) is 0 Å². The maximum atomic E-state index is 6.30. The summed E-state index contributed by atoms with van der Waals surface area (Å²) in [4.78, 5) is 0. The molecule has 3 aromatic rings. The Bertz CT molecular complexity index is 931. The highest BCUT2D eigenvalue weighted by atomic mass is 28.5. The lowest BCUT2D eigenvalue weighted by molar-refractivity contribution is 0.390. The van der Waals surface area contributed by atoms with E-state index in [2.05, 4.69) is 187 Å². The zero-order chi connectivity index (χ0) is 37.2. The van der Waals surface area contributed by atoms with Gasteiger partial charge in [-0.1, -0.05) is 238 Å². The highest BCUT2D eigenvalue weighted by Gasteiger charge is 2.38. The van der Waals surface area contributed by atoms with Crippen LogP contribution >= 0.6 is 0 Å². The summed E-state index contributed by atoms with van der Waals surface area (Å²) in [7, 11) is -4.83. The zero-order valence-corrected chi connectivity index (χ0v) is 37.4. The Kier molecular flexibility index (Phi) is 79.6. The summed E-state index contributed by atoms with van der Waals surface area (Å²) >= 11 is 0. The van der Waals surface area contributed by atoms with E-state index in [1.165, 1.54) is 48.0 Å². The smallest absolute Gasteiger partial charge is 0.311 e. The molecule has 0 heterocycles. The summed E-state index contributed by atoms with van der Waals surface area (Å²) in [5.74, 6) is 0. The van der Waals surface area contributed by atoms with E-state index >= 15 is 0 Å². The normalized spacial score (nSPS) is 8.83. The fraction of sp³-hybridized carbons (Fsp3) is 0.633. The average Bonchev–Trinajstić information content (AvgIpc) is 3.04. The van der Waals surface area contributed by atoms with E-state index in [4.69, 9.17) is 8.23 Å². The van der Waals surface area contributed by atoms with Gasteiger partial charge in [0.1, 0.15) is 0 Å². The molecule has 0 aromatic heterocycles. The first-order valence-corrected chi connectivity index (χ1v) is 27.7. The molecule has 0 fully saturated rings. The Morgan fingerprint density at radius 2 is 0.574 bits per heavy atom. The van der Waals surface area contributed by atoms with E-state index < -0.39 is 25.2 Å². The van der Waals surface area contributed by atoms with Crippen molar-refractivity contribution >= 4 is 25.2 Å². The Labute approximate surface area is 351 Å². The first-order chi connectivity index (χ1) is 22.2. The SMILES string of the molecule is C.C.C.C.C.C.C.CC.CCC.CCC.CCC.CC[Si](C)(C)O[Si](C)(C)O[Si](C)(C)CC.CCc1ccccc1.c1ccc(Cc2ccccc2)cc1. The quantitative estimate of drug-likeness (QED) is 0.200. The van der Waals surface area contributed by atoms with Gasteiger partial charge in [-0.3, -0.25) is 0 Å². The van der Waals surface area contributed by atoms with Crippen LogP contribution in [0, 0.1) is 0 Å². The molecule has 0 atom stereocenters. The minimum atomic E-state index is -1.89. The number of benzene rings is 3. The van der Waals surface area contributed by atoms with E-state index in [9.17, 15) is 0 Å². The molecule has 2 nitrogen and oxygen atoms in total. The first-order valence-electron chi connectivity index (χ1n) is 18.7. The van der Waals surface area contributed by atoms with Gasteiger partial charge in [-0.2, -0.15) is 0 Å². The van der Waals surface area contributed by atoms with Crippen molar-refractivity contribution in [2.24, 2.45) is 0 Å². The third-order valence-electron chi connectivity index (χ3n) is 6.09. The van der Waals surface area contributed by atoms with Crippen LogP contribution in [0.2, 0.25) is 51.4 Å². The molecule has 54 heavy (non-hydrogen) atoms. The van der Waals surface area contributed by atoms with Crippen LogP contribution in [0.1, 0.15) is 164 Å². The molecular weight excluding hydrogens is 705 g/mol. The van der Waals surface area contributed by atoms with Crippen LogP contribution in [0.5, 0.6) is 0 Å². The predicted octanol–water partition coefficient (Wildman–Crippen LogP) is 19.4. The molecule has 328 valence electrons. The van der Waals surface area contributed by atoms with Gasteiger partial charge in [0.05, 0.1) is 0 Å². The van der Waals surface area contributed by atoms with Gasteiger partial charge >= 0.3 is 8.56 Å². The van der Waals surface area contributed by atoms with Crippen LogP contribution < -0.4 is 0 Å². The lowest BCUT2D eigenvalue weighted by Gasteiger charge is -2.38. The second kappa shape index (κ2) is 53.3. The first kappa shape index (κ1) is 80.6. The van der Waals surface area contributed by atoms with Gasteiger partial charge in [-0.25, -0.2) is 0 Å². The van der Waals surface area contributed by atoms with Crippen LogP contribution in [0.3, 0.4) is 0 Å². The molecule has 3 aromatic carbocycles. The summed E-state index contributed by atoms with van der Waals surface area (Å²) in [5.41, 5.74) is 4.15. The largest absolute Gasteiger partial charge is 0.437 e. The van der Waals surface area contributed by atoms with Crippen LogP contribution in [0.4, 0.5) is 0 Å². The Balaban J connectivity index is -0.0000000483. The second-order valence-corrected chi connectivity index (χ2v) is 25.8. The van der Waals surface area contributed by atoms with Crippen LogP contribution in [0.25, 0.3) is 0 Å². The molecule has 0 saturated heterocycles. The summed E-state index contributed by atoms with van der Waals surface area (Å²) in [6.45, 7) is 36.9. The average molecular weight is 814 g/mol. The lowest BCUT2D eigenvalue weighted by atomic mass is 10.1. The van der Waals surface area contributed by atoms with E-state index in [0.717, 1.165) is 12.8 Å². The molecule has 0 aliphatic carbocycles. The Morgan fingerprint density at radius 1 is 0.370 bits per heavy atom. The van der Waals surface area contributed by atoms with Crippen molar-refractivity contribution in [2.75, 3.05) is 0 Å². The molecule has 0 saturated carbocycles. The van der Waals surface area contributed by atoms with Gasteiger partial charge < -0.3 is 8.23 Å². The molecule has 0 aliphatic rings. The molecule has 0 radical (unpaired) electrons. The van der Waals surface area contributed by atoms with Crippen molar-refractivity contribution < 1.29 is 8.23 Å². The monoisotopic (exact) mass is 813 g/mol. The lowest BCUT2D eigenvalue weighted by Crippen LogP contribution is -2.51. The molecular formula is C49H108O2Si3. The predicted molar refractivity (Wildman–Crippen MR) is 273 cm³/mol. The van der Waals surface area contributed by atoms with E-state index in [1.807, 2.05) is 19.9 Å². The highest BCUT2D eigenvalue weighted by molar-refractivity contribution is 6.87. The van der Waals surface area contributed by atoms with Crippen molar-refractivity contribution in [3.05, 3.63) is 108 Å². The van der Waals surface area contributed by atoms with Gasteiger partial charge in [0.2, 0.25) is 0 Å². The van der Waals surface area contributed by atoms with Crippen molar-refractivity contribution in [3.63, 3.8) is 0 Å². The van der Waals surface area contributed by atoms with Gasteiger partial charge in [0.25, 0.3) is 0 Å². The minimum Gasteiger partial charge on any atom is -0.437 e. The van der Waals surface area contributed by atoms with Gasteiger partial charge in [0.15, 0.2) is 16.6 Å². The molecule has 3 rings (SSSR count). The van der Waals surface area contributed by atoms with E-state index in [0.29, 0.717) is 0 Å². The second-order valence-electron chi connectivity index (χ2n) is 12.9. The molecule has 5 heteroatoms. The number of hydrogen-bond donors (Lipinski definition) is 0. The fourth-order valence-corrected chi connectivity index (χ4v) is 16.0. The van der Waals surface area contributed by atoms with Crippen molar-refractivity contribution in [1.29, 1.82) is 0 Å². The maximum Gasteiger partial charge on any atom is 0.311 e. The summed E-state index contributed by atoms with van der Waals surface area (Å²) < 4.78 is 12.6. The Hall–Kier alpha value is -1.77. The highest BCUT2D eigenvalue weighted by Crippen LogP contribution is 2.23. The summed E-state index contributed by atoms with van der Waals surface area (Å²) in [5, 5.41) is 0. The maximum absolute atomic E-state index is 6.30. The topological polar surface area (TPSA) is 18.5 Å².